The molecule has 0 saturated carbocycles. The largest absolute Gasteiger partial charge is 0.508 e. The van der Waals surface area contributed by atoms with Crippen molar-refractivity contribution in [2.75, 3.05) is 13.1 Å². The highest BCUT2D eigenvalue weighted by atomic mass is 16.5. The van der Waals surface area contributed by atoms with Gasteiger partial charge < -0.3 is 14.7 Å². The maximum Gasteiger partial charge on any atom is 0.254 e. The molecule has 1 atom stereocenters. The van der Waals surface area contributed by atoms with E-state index in [0.29, 0.717) is 18.7 Å². The molecule has 4 heteroatoms. The molecule has 4 nitrogen and oxygen atoms in total. The van der Waals surface area contributed by atoms with Crippen molar-refractivity contribution in [1.82, 2.24) is 4.90 Å². The maximum absolute atomic E-state index is 12.3. The van der Waals surface area contributed by atoms with Gasteiger partial charge in [-0.05, 0) is 45.0 Å². The highest BCUT2D eigenvalue weighted by molar-refractivity contribution is 5.94. The van der Waals surface area contributed by atoms with E-state index in [2.05, 4.69) is 0 Å². The summed E-state index contributed by atoms with van der Waals surface area (Å²) in [5.41, 5.74) is 0.280. The third kappa shape index (κ3) is 2.82. The minimum absolute atomic E-state index is 0.0155. The van der Waals surface area contributed by atoms with Gasteiger partial charge in [0.1, 0.15) is 5.75 Å². The molecule has 1 fully saturated rings. The summed E-state index contributed by atoms with van der Waals surface area (Å²) in [5.74, 6) is 0.153. The number of ether oxygens (including phenoxy) is 1. The zero-order valence-corrected chi connectivity index (χ0v) is 11.0. The van der Waals surface area contributed by atoms with Crippen molar-refractivity contribution in [2.24, 2.45) is 0 Å². The van der Waals surface area contributed by atoms with Crippen molar-refractivity contribution in [2.45, 2.75) is 32.5 Å². The number of morpholine rings is 1. The van der Waals surface area contributed by atoms with Gasteiger partial charge in [0.05, 0.1) is 11.7 Å². The highest BCUT2D eigenvalue weighted by Crippen LogP contribution is 2.22. The minimum Gasteiger partial charge on any atom is -0.508 e. The average molecular weight is 249 g/mol. The minimum atomic E-state index is -0.315. The molecular weight excluding hydrogens is 230 g/mol. The van der Waals surface area contributed by atoms with Gasteiger partial charge in [0.25, 0.3) is 5.91 Å². The number of phenolic OH excluding ortho intramolecular Hbond substituents is 1. The van der Waals surface area contributed by atoms with Gasteiger partial charge in [-0.3, -0.25) is 4.79 Å². The van der Waals surface area contributed by atoms with Crippen LogP contribution in [-0.2, 0) is 4.74 Å². The monoisotopic (exact) mass is 249 g/mol. The fraction of sp³-hybridized carbons (Fsp3) is 0.500. The molecule has 1 amide bonds. The van der Waals surface area contributed by atoms with Crippen LogP contribution in [0.25, 0.3) is 0 Å². The molecular formula is C14H19NO3. The van der Waals surface area contributed by atoms with Gasteiger partial charge in [0.15, 0.2) is 0 Å². The third-order valence-corrected chi connectivity index (χ3v) is 2.97. The van der Waals surface area contributed by atoms with Crippen molar-refractivity contribution in [3.63, 3.8) is 0 Å². The summed E-state index contributed by atoms with van der Waals surface area (Å²) in [4.78, 5) is 14.1. The summed E-state index contributed by atoms with van der Waals surface area (Å²) in [6, 6.07) is 6.35. The van der Waals surface area contributed by atoms with Crippen LogP contribution in [0, 0.1) is 0 Å². The standard InChI is InChI=1S/C14H19NO3/c1-10-8-15(9-14(2,3)18-10)13(17)11-4-6-12(16)7-5-11/h4-7,10,16H,8-9H2,1-3H3. The molecule has 1 aromatic rings. The molecule has 18 heavy (non-hydrogen) atoms. The lowest BCUT2D eigenvalue weighted by Gasteiger charge is -2.41. The lowest BCUT2D eigenvalue weighted by atomic mass is 10.0. The van der Waals surface area contributed by atoms with Gasteiger partial charge in [-0.15, -0.1) is 0 Å². The second kappa shape index (κ2) is 4.61. The van der Waals surface area contributed by atoms with Crippen LogP contribution in [0.4, 0.5) is 0 Å². The Labute approximate surface area is 107 Å². The molecule has 0 aliphatic carbocycles. The Morgan fingerprint density at radius 3 is 2.56 bits per heavy atom. The fourth-order valence-corrected chi connectivity index (χ4v) is 2.40. The van der Waals surface area contributed by atoms with Crippen molar-refractivity contribution in [3.05, 3.63) is 29.8 Å². The number of benzene rings is 1. The Balaban J connectivity index is 2.16. The van der Waals surface area contributed by atoms with Crippen LogP contribution in [0.5, 0.6) is 5.75 Å². The second-order valence-corrected chi connectivity index (χ2v) is 5.42. The van der Waals surface area contributed by atoms with Crippen molar-refractivity contribution in [1.29, 1.82) is 0 Å². The third-order valence-electron chi connectivity index (χ3n) is 2.97. The normalized spacial score (nSPS) is 22.8. The number of carbonyl (C=O) groups is 1. The van der Waals surface area contributed by atoms with E-state index in [0.717, 1.165) is 0 Å². The van der Waals surface area contributed by atoms with E-state index in [4.69, 9.17) is 4.74 Å². The summed E-state index contributed by atoms with van der Waals surface area (Å²) in [6.07, 6.45) is 0.0369. The van der Waals surface area contributed by atoms with Crippen molar-refractivity contribution < 1.29 is 14.6 Å². The topological polar surface area (TPSA) is 49.8 Å². The number of nitrogens with zero attached hydrogens (tertiary/aromatic N) is 1. The number of hydrogen-bond donors (Lipinski definition) is 1. The van der Waals surface area contributed by atoms with Gasteiger partial charge in [-0.25, -0.2) is 0 Å². The predicted octanol–water partition coefficient (Wildman–Crippen LogP) is 2.03. The molecule has 98 valence electrons. The molecule has 0 radical (unpaired) electrons. The molecule has 1 aliphatic rings. The Bertz CT molecular complexity index is 439. The molecule has 1 unspecified atom stereocenters. The maximum atomic E-state index is 12.3. The first-order valence-corrected chi connectivity index (χ1v) is 6.13. The summed E-state index contributed by atoms with van der Waals surface area (Å²) in [7, 11) is 0. The number of phenols is 1. The first-order valence-electron chi connectivity index (χ1n) is 6.13. The van der Waals surface area contributed by atoms with Crippen LogP contribution < -0.4 is 0 Å². The van der Waals surface area contributed by atoms with E-state index in [1.807, 2.05) is 20.8 Å². The predicted molar refractivity (Wildman–Crippen MR) is 68.6 cm³/mol. The van der Waals surface area contributed by atoms with Crippen LogP contribution in [0.3, 0.4) is 0 Å². The lowest BCUT2D eigenvalue weighted by Crippen LogP contribution is -2.53. The molecule has 1 aliphatic heterocycles. The number of amides is 1. The van der Waals surface area contributed by atoms with Crippen LogP contribution in [-0.4, -0.2) is 40.7 Å². The number of hydrogen-bond acceptors (Lipinski definition) is 3. The fourth-order valence-electron chi connectivity index (χ4n) is 2.40. The van der Waals surface area contributed by atoms with Crippen molar-refractivity contribution in [3.8, 4) is 5.75 Å². The van der Waals surface area contributed by atoms with Crippen LogP contribution in [0.2, 0.25) is 0 Å². The first-order chi connectivity index (χ1) is 8.37. The van der Waals surface area contributed by atoms with E-state index in [1.165, 1.54) is 12.1 Å². The van der Waals surface area contributed by atoms with Gasteiger partial charge in [0, 0.05) is 18.7 Å². The SMILES string of the molecule is CC1CN(C(=O)c2ccc(O)cc2)CC(C)(C)O1. The van der Waals surface area contributed by atoms with E-state index in [1.54, 1.807) is 17.0 Å². The van der Waals surface area contributed by atoms with E-state index in [-0.39, 0.29) is 23.4 Å². The Morgan fingerprint density at radius 1 is 1.39 bits per heavy atom. The lowest BCUT2D eigenvalue weighted by molar-refractivity contribution is -0.118. The van der Waals surface area contributed by atoms with Crippen LogP contribution in [0.15, 0.2) is 24.3 Å². The number of aromatic hydroxyl groups is 1. The van der Waals surface area contributed by atoms with E-state index < -0.39 is 0 Å². The second-order valence-electron chi connectivity index (χ2n) is 5.42. The number of rotatable bonds is 1. The van der Waals surface area contributed by atoms with Gasteiger partial charge in [-0.1, -0.05) is 0 Å². The Hall–Kier alpha value is -1.55. The summed E-state index contributed by atoms with van der Waals surface area (Å²) >= 11 is 0. The van der Waals surface area contributed by atoms with Gasteiger partial charge >= 0.3 is 0 Å². The summed E-state index contributed by atoms with van der Waals surface area (Å²) in [6.45, 7) is 7.12. The van der Waals surface area contributed by atoms with E-state index >= 15 is 0 Å². The van der Waals surface area contributed by atoms with Crippen LogP contribution in [0.1, 0.15) is 31.1 Å². The Kier molecular flexibility index (Phi) is 3.30. The smallest absolute Gasteiger partial charge is 0.254 e. The molecule has 0 aromatic heterocycles. The molecule has 0 bridgehead atoms. The molecule has 2 rings (SSSR count). The quantitative estimate of drug-likeness (QED) is 0.828. The van der Waals surface area contributed by atoms with Gasteiger partial charge in [0.2, 0.25) is 0 Å². The summed E-state index contributed by atoms with van der Waals surface area (Å²) < 4.78 is 5.78. The zero-order chi connectivity index (χ0) is 13.3. The molecule has 1 saturated heterocycles. The Morgan fingerprint density at radius 2 is 2.00 bits per heavy atom. The first kappa shape index (κ1) is 12.9. The number of carbonyl (C=O) groups excluding carboxylic acids is 1. The zero-order valence-electron chi connectivity index (χ0n) is 11.0. The van der Waals surface area contributed by atoms with Gasteiger partial charge in [-0.2, -0.15) is 0 Å². The molecule has 0 spiro atoms. The molecule has 1 aromatic carbocycles. The summed E-state index contributed by atoms with van der Waals surface area (Å²) in [5, 5.41) is 9.23. The molecule has 1 heterocycles. The van der Waals surface area contributed by atoms with Crippen LogP contribution >= 0.6 is 0 Å². The highest BCUT2D eigenvalue weighted by Gasteiger charge is 2.33. The van der Waals surface area contributed by atoms with Crippen molar-refractivity contribution >= 4 is 5.91 Å². The average Bonchev–Trinajstić information content (AvgIpc) is 2.26. The van der Waals surface area contributed by atoms with E-state index in [9.17, 15) is 9.90 Å². The molecule has 1 N–H and O–H groups in total.